The van der Waals surface area contributed by atoms with Gasteiger partial charge in [-0.05, 0) is 12.0 Å². The third-order valence-electron chi connectivity index (χ3n) is 4.67. The molecule has 1 aromatic carbocycles. The van der Waals surface area contributed by atoms with E-state index in [1.807, 2.05) is 29.6 Å². The number of aromatic amines is 1. The molecule has 0 aliphatic carbocycles. The van der Waals surface area contributed by atoms with Crippen LogP contribution >= 0.6 is 22.9 Å². The minimum absolute atomic E-state index is 0.185. The van der Waals surface area contributed by atoms with Crippen molar-refractivity contribution in [3.05, 3.63) is 63.5 Å². The van der Waals surface area contributed by atoms with E-state index < -0.39 is 6.10 Å². The minimum atomic E-state index is -0.636. The Hall–Kier alpha value is -2.03. The van der Waals surface area contributed by atoms with E-state index in [0.29, 0.717) is 46.7 Å². The lowest BCUT2D eigenvalue weighted by Gasteiger charge is -2.26. The average Bonchev–Trinajstić information content (AvgIpc) is 3.12. The van der Waals surface area contributed by atoms with Crippen LogP contribution < -0.4 is 5.56 Å². The molecule has 3 rings (SSSR count). The summed E-state index contributed by atoms with van der Waals surface area (Å²) in [7, 11) is 0. The summed E-state index contributed by atoms with van der Waals surface area (Å²) in [5, 5.41) is 13.4. The molecule has 0 spiro atoms. The Balaban J connectivity index is 1.83. The first kappa shape index (κ1) is 23.6. The SMILES string of the molecule is C=CCOC[C@@H](O)CN(Cc1nc2scc(-c3ccccc3Cl)c2c(=O)[nH]1)CC(C)C. The molecule has 1 atom stereocenters. The molecule has 2 N–H and O–H groups in total. The van der Waals surface area contributed by atoms with E-state index in [1.165, 1.54) is 11.3 Å². The van der Waals surface area contributed by atoms with Crippen molar-refractivity contribution >= 4 is 33.2 Å². The molecule has 8 heteroatoms. The molecule has 166 valence electrons. The average molecular weight is 462 g/mol. The topological polar surface area (TPSA) is 78.5 Å². The van der Waals surface area contributed by atoms with Gasteiger partial charge in [-0.15, -0.1) is 17.9 Å². The second-order valence-corrected chi connectivity index (χ2v) is 9.16. The van der Waals surface area contributed by atoms with Crippen molar-refractivity contribution in [3.63, 3.8) is 0 Å². The van der Waals surface area contributed by atoms with Crippen molar-refractivity contribution in [1.29, 1.82) is 0 Å². The normalized spacial score (nSPS) is 12.7. The standard InChI is InChI=1S/C23H28ClN3O3S/c1-4-9-30-13-16(28)11-27(10-15(2)3)12-20-25-22(29)21-18(14-31-23(21)26-20)17-7-5-6-8-19(17)24/h4-8,14-16,28H,1,9-13H2,2-3H3,(H,25,26,29)/t16-/m0/s1. The maximum Gasteiger partial charge on any atom is 0.260 e. The van der Waals surface area contributed by atoms with Crippen molar-refractivity contribution in [2.75, 3.05) is 26.3 Å². The highest BCUT2D eigenvalue weighted by atomic mass is 35.5. The second-order valence-electron chi connectivity index (χ2n) is 7.89. The summed E-state index contributed by atoms with van der Waals surface area (Å²) in [5.74, 6) is 0.968. The Labute approximate surface area is 191 Å². The first-order valence-electron chi connectivity index (χ1n) is 10.2. The van der Waals surface area contributed by atoms with Gasteiger partial charge >= 0.3 is 0 Å². The zero-order valence-corrected chi connectivity index (χ0v) is 19.4. The van der Waals surface area contributed by atoms with Gasteiger partial charge in [0.15, 0.2) is 0 Å². The van der Waals surface area contributed by atoms with E-state index in [1.54, 1.807) is 6.08 Å². The monoisotopic (exact) mass is 461 g/mol. The van der Waals surface area contributed by atoms with Gasteiger partial charge in [0, 0.05) is 34.6 Å². The van der Waals surface area contributed by atoms with Gasteiger partial charge < -0.3 is 14.8 Å². The van der Waals surface area contributed by atoms with Crippen LogP contribution in [-0.2, 0) is 11.3 Å². The first-order chi connectivity index (χ1) is 14.9. The van der Waals surface area contributed by atoms with Crippen LogP contribution in [0.4, 0.5) is 0 Å². The largest absolute Gasteiger partial charge is 0.389 e. The number of hydrogen-bond donors (Lipinski definition) is 2. The van der Waals surface area contributed by atoms with E-state index in [-0.39, 0.29) is 12.2 Å². The number of halogens is 1. The van der Waals surface area contributed by atoms with Gasteiger partial charge in [0.2, 0.25) is 0 Å². The van der Waals surface area contributed by atoms with Crippen LogP contribution in [0.1, 0.15) is 19.7 Å². The van der Waals surface area contributed by atoms with E-state index in [4.69, 9.17) is 21.3 Å². The molecular weight excluding hydrogens is 434 g/mol. The molecule has 0 saturated heterocycles. The Morgan fingerprint density at radius 1 is 1.32 bits per heavy atom. The quantitative estimate of drug-likeness (QED) is 0.328. The molecule has 0 bridgehead atoms. The number of benzene rings is 1. The number of aliphatic hydroxyl groups excluding tert-OH is 1. The first-order valence-corrected chi connectivity index (χ1v) is 11.5. The number of thiophene rings is 1. The lowest BCUT2D eigenvalue weighted by molar-refractivity contribution is 0.0218. The number of H-pyrrole nitrogens is 1. The molecule has 0 unspecified atom stereocenters. The summed E-state index contributed by atoms with van der Waals surface area (Å²) in [6.07, 6.45) is 1.02. The maximum atomic E-state index is 12.9. The highest BCUT2D eigenvalue weighted by molar-refractivity contribution is 7.17. The van der Waals surface area contributed by atoms with Crippen LogP contribution in [0.2, 0.25) is 5.02 Å². The summed E-state index contributed by atoms with van der Waals surface area (Å²) < 4.78 is 5.35. The smallest absolute Gasteiger partial charge is 0.260 e. The summed E-state index contributed by atoms with van der Waals surface area (Å²) in [4.78, 5) is 23.3. The van der Waals surface area contributed by atoms with Gasteiger partial charge in [0.05, 0.1) is 31.2 Å². The third kappa shape index (κ3) is 6.24. The molecular formula is C23H28ClN3O3S. The Morgan fingerprint density at radius 2 is 2.10 bits per heavy atom. The fourth-order valence-electron chi connectivity index (χ4n) is 3.52. The van der Waals surface area contributed by atoms with Crippen molar-refractivity contribution in [3.8, 4) is 11.1 Å². The summed E-state index contributed by atoms with van der Waals surface area (Å²) in [5.41, 5.74) is 1.43. The fraction of sp³-hybridized carbons (Fsp3) is 0.391. The molecule has 0 saturated carbocycles. The molecule has 2 heterocycles. The van der Waals surface area contributed by atoms with Crippen molar-refractivity contribution < 1.29 is 9.84 Å². The molecule has 0 radical (unpaired) electrons. The van der Waals surface area contributed by atoms with Crippen molar-refractivity contribution in [2.45, 2.75) is 26.5 Å². The lowest BCUT2D eigenvalue weighted by atomic mass is 10.1. The number of nitrogens with one attached hydrogen (secondary N) is 1. The number of rotatable bonds is 11. The molecule has 0 aliphatic rings. The predicted molar refractivity (Wildman–Crippen MR) is 128 cm³/mol. The van der Waals surface area contributed by atoms with Crippen molar-refractivity contribution in [2.24, 2.45) is 5.92 Å². The molecule has 6 nitrogen and oxygen atoms in total. The molecule has 0 fully saturated rings. The summed E-state index contributed by atoms with van der Waals surface area (Å²) >= 11 is 7.76. The van der Waals surface area contributed by atoms with Gasteiger partial charge in [0.25, 0.3) is 5.56 Å². The highest BCUT2D eigenvalue weighted by Gasteiger charge is 2.18. The lowest BCUT2D eigenvalue weighted by Crippen LogP contribution is -2.37. The Morgan fingerprint density at radius 3 is 2.81 bits per heavy atom. The molecule has 3 aromatic rings. The molecule has 0 amide bonds. The van der Waals surface area contributed by atoms with Gasteiger partial charge in [-0.25, -0.2) is 4.98 Å². The number of aromatic nitrogens is 2. The van der Waals surface area contributed by atoms with Crippen molar-refractivity contribution in [1.82, 2.24) is 14.9 Å². The fourth-order valence-corrected chi connectivity index (χ4v) is 4.71. The Bertz CT molecular complexity index is 1080. The van der Waals surface area contributed by atoms with Crippen LogP contribution in [0.3, 0.4) is 0 Å². The van der Waals surface area contributed by atoms with Crippen LogP contribution in [0, 0.1) is 5.92 Å². The zero-order chi connectivity index (χ0) is 22.4. The van der Waals surface area contributed by atoms with Gasteiger partial charge in [-0.2, -0.15) is 0 Å². The van der Waals surface area contributed by atoms with Gasteiger partial charge in [-0.1, -0.05) is 49.7 Å². The van der Waals surface area contributed by atoms with Gasteiger partial charge in [0.1, 0.15) is 10.7 Å². The highest BCUT2D eigenvalue weighted by Crippen LogP contribution is 2.34. The number of ether oxygens (including phenoxy) is 1. The molecule has 0 aliphatic heterocycles. The zero-order valence-electron chi connectivity index (χ0n) is 17.8. The van der Waals surface area contributed by atoms with Crippen LogP contribution in [0.5, 0.6) is 0 Å². The maximum absolute atomic E-state index is 12.9. The molecule has 31 heavy (non-hydrogen) atoms. The van der Waals surface area contributed by atoms with Crippen LogP contribution in [0.25, 0.3) is 21.3 Å². The summed E-state index contributed by atoms with van der Waals surface area (Å²) in [6, 6.07) is 7.47. The van der Waals surface area contributed by atoms with E-state index >= 15 is 0 Å². The summed E-state index contributed by atoms with van der Waals surface area (Å²) in [6.45, 7) is 10.1. The number of fused-ring (bicyclic) bond motifs is 1. The predicted octanol–water partition coefficient (Wildman–Crippen LogP) is 4.33. The number of nitrogens with zero attached hydrogens (tertiary/aromatic N) is 2. The third-order valence-corrected chi connectivity index (χ3v) is 5.87. The Kier molecular flexibility index (Phi) is 8.40. The van der Waals surface area contributed by atoms with E-state index in [0.717, 1.165) is 17.7 Å². The number of hydrogen-bond acceptors (Lipinski definition) is 6. The van der Waals surface area contributed by atoms with Crippen LogP contribution in [-0.4, -0.2) is 52.4 Å². The second kappa shape index (κ2) is 11.0. The van der Waals surface area contributed by atoms with Gasteiger partial charge in [-0.3, -0.25) is 9.69 Å². The number of aliphatic hydroxyl groups is 1. The minimum Gasteiger partial charge on any atom is -0.389 e. The van der Waals surface area contributed by atoms with E-state index in [2.05, 4.69) is 30.3 Å². The van der Waals surface area contributed by atoms with E-state index in [9.17, 15) is 9.90 Å². The molecule has 2 aromatic heterocycles. The van der Waals surface area contributed by atoms with Crippen LogP contribution in [0.15, 0.2) is 47.1 Å².